The number of rotatable bonds is 3. The van der Waals surface area contributed by atoms with Gasteiger partial charge < -0.3 is 5.11 Å². The van der Waals surface area contributed by atoms with Crippen LogP contribution in [0.3, 0.4) is 0 Å². The van der Waals surface area contributed by atoms with E-state index < -0.39 is 21.5 Å². The Hall–Kier alpha value is -0.130. The maximum absolute atomic E-state index is 10.3. The van der Waals surface area contributed by atoms with Crippen molar-refractivity contribution in [2.24, 2.45) is 0 Å². The fraction of sp³-hybridized carbons (Fsp3) is 1.00. The van der Waals surface area contributed by atoms with E-state index in [0.29, 0.717) is 6.42 Å². The van der Waals surface area contributed by atoms with Crippen molar-refractivity contribution in [3.63, 3.8) is 0 Å². The van der Waals surface area contributed by atoms with Crippen molar-refractivity contribution >= 4 is 10.1 Å². The Bertz CT molecular complexity index is 184. The van der Waals surface area contributed by atoms with Crippen LogP contribution < -0.4 is 0 Å². The molecule has 10 heavy (non-hydrogen) atoms. The number of aliphatic hydroxyl groups excluding tert-OH is 1. The molecular formula is C5H12O4S. The van der Waals surface area contributed by atoms with Gasteiger partial charge in [-0.1, -0.05) is 6.92 Å². The van der Waals surface area contributed by atoms with Gasteiger partial charge in [0, 0.05) is 0 Å². The Morgan fingerprint density at radius 2 is 1.90 bits per heavy atom. The summed E-state index contributed by atoms with van der Waals surface area (Å²) in [5, 5.41) is 7.84. The highest BCUT2D eigenvalue weighted by Gasteiger charge is 2.24. The zero-order valence-electron chi connectivity index (χ0n) is 5.98. The van der Waals surface area contributed by atoms with Crippen LogP contribution in [0.15, 0.2) is 0 Å². The van der Waals surface area contributed by atoms with Crippen molar-refractivity contribution in [3.05, 3.63) is 0 Å². The molecule has 62 valence electrons. The van der Waals surface area contributed by atoms with Crippen LogP contribution in [0.25, 0.3) is 0 Å². The smallest absolute Gasteiger partial charge is 0.270 e. The maximum Gasteiger partial charge on any atom is 0.270 e. The molecule has 0 fully saturated rings. The topological polar surface area (TPSA) is 74.6 Å². The van der Waals surface area contributed by atoms with Gasteiger partial charge in [-0.2, -0.15) is 8.42 Å². The standard InChI is InChI=1S/C5H12O4S/c1-3-5(6)4(2)10(7,8)9/h4-6H,3H2,1-2H3,(H,7,8,9). The van der Waals surface area contributed by atoms with E-state index in [1.165, 1.54) is 6.92 Å². The molecule has 2 N–H and O–H groups in total. The highest BCUT2D eigenvalue weighted by atomic mass is 32.2. The van der Waals surface area contributed by atoms with Gasteiger partial charge in [0.2, 0.25) is 0 Å². The van der Waals surface area contributed by atoms with E-state index >= 15 is 0 Å². The SMILES string of the molecule is CCC(O)C(C)S(=O)(=O)O. The highest BCUT2D eigenvalue weighted by Crippen LogP contribution is 2.06. The summed E-state index contributed by atoms with van der Waals surface area (Å²) in [7, 11) is -4.06. The maximum atomic E-state index is 10.3. The molecule has 0 aromatic heterocycles. The Labute approximate surface area is 60.6 Å². The molecule has 0 aromatic carbocycles. The Morgan fingerprint density at radius 1 is 1.50 bits per heavy atom. The number of hydrogen-bond donors (Lipinski definition) is 2. The summed E-state index contributed by atoms with van der Waals surface area (Å²) in [5.74, 6) is 0. The second-order valence-corrected chi connectivity index (χ2v) is 3.97. The summed E-state index contributed by atoms with van der Waals surface area (Å²) in [6, 6.07) is 0. The van der Waals surface area contributed by atoms with Crippen molar-refractivity contribution in [2.75, 3.05) is 0 Å². The first-order valence-corrected chi connectivity index (χ1v) is 4.54. The monoisotopic (exact) mass is 168 g/mol. The van der Waals surface area contributed by atoms with Crippen LogP contribution in [0.2, 0.25) is 0 Å². The van der Waals surface area contributed by atoms with Gasteiger partial charge in [0.15, 0.2) is 0 Å². The highest BCUT2D eigenvalue weighted by molar-refractivity contribution is 7.86. The first kappa shape index (κ1) is 9.87. The van der Waals surface area contributed by atoms with E-state index in [0.717, 1.165) is 0 Å². The Kier molecular flexibility index (Phi) is 3.27. The molecule has 5 heteroatoms. The van der Waals surface area contributed by atoms with Gasteiger partial charge in [0.25, 0.3) is 10.1 Å². The average Bonchev–Trinajstić information content (AvgIpc) is 1.83. The second-order valence-electron chi connectivity index (χ2n) is 2.20. The normalized spacial score (nSPS) is 18.4. The van der Waals surface area contributed by atoms with Crippen LogP contribution in [-0.2, 0) is 10.1 Å². The molecule has 0 amide bonds. The zero-order chi connectivity index (χ0) is 8.36. The summed E-state index contributed by atoms with van der Waals surface area (Å²) in [6.07, 6.45) is -0.656. The molecular weight excluding hydrogens is 156 g/mol. The van der Waals surface area contributed by atoms with Crippen molar-refractivity contribution in [1.82, 2.24) is 0 Å². The first-order chi connectivity index (χ1) is 4.39. The fourth-order valence-electron chi connectivity index (χ4n) is 0.530. The molecule has 0 saturated heterocycles. The summed E-state index contributed by atoms with van der Waals surface area (Å²) in [5.41, 5.74) is 0. The molecule has 0 aliphatic carbocycles. The third-order valence-electron chi connectivity index (χ3n) is 1.43. The molecule has 2 atom stereocenters. The molecule has 4 nitrogen and oxygen atoms in total. The molecule has 0 bridgehead atoms. The first-order valence-electron chi connectivity index (χ1n) is 3.04. The van der Waals surface area contributed by atoms with Crippen LogP contribution in [0.4, 0.5) is 0 Å². The van der Waals surface area contributed by atoms with Crippen LogP contribution >= 0.6 is 0 Å². The minimum atomic E-state index is -4.06. The number of aliphatic hydroxyl groups is 1. The van der Waals surface area contributed by atoms with Gasteiger partial charge in [-0.05, 0) is 13.3 Å². The van der Waals surface area contributed by atoms with E-state index in [4.69, 9.17) is 9.66 Å². The van der Waals surface area contributed by atoms with Crippen molar-refractivity contribution in [2.45, 2.75) is 31.6 Å². The lowest BCUT2D eigenvalue weighted by Gasteiger charge is -2.12. The van der Waals surface area contributed by atoms with Gasteiger partial charge in [-0.3, -0.25) is 4.55 Å². The van der Waals surface area contributed by atoms with Gasteiger partial charge in [0.1, 0.15) is 5.25 Å². The van der Waals surface area contributed by atoms with Gasteiger partial charge in [-0.15, -0.1) is 0 Å². The third kappa shape index (κ3) is 2.64. The summed E-state index contributed by atoms with van der Waals surface area (Å²) in [6.45, 7) is 2.91. The quantitative estimate of drug-likeness (QED) is 0.583. The molecule has 0 aromatic rings. The predicted molar refractivity (Wildman–Crippen MR) is 37.3 cm³/mol. The van der Waals surface area contributed by atoms with Crippen molar-refractivity contribution in [1.29, 1.82) is 0 Å². The van der Waals surface area contributed by atoms with Gasteiger partial charge >= 0.3 is 0 Å². The molecule has 0 radical (unpaired) electrons. The number of hydrogen-bond acceptors (Lipinski definition) is 3. The van der Waals surface area contributed by atoms with Crippen LogP contribution in [0, 0.1) is 0 Å². The van der Waals surface area contributed by atoms with E-state index in [1.54, 1.807) is 6.92 Å². The molecule has 0 rings (SSSR count). The summed E-state index contributed by atoms with van der Waals surface area (Å²) >= 11 is 0. The van der Waals surface area contributed by atoms with Crippen LogP contribution in [0.1, 0.15) is 20.3 Å². The minimum absolute atomic E-state index is 0.320. The van der Waals surface area contributed by atoms with Crippen LogP contribution in [0.5, 0.6) is 0 Å². The average molecular weight is 168 g/mol. The third-order valence-corrected chi connectivity index (χ3v) is 2.68. The summed E-state index contributed by atoms with van der Waals surface area (Å²) in [4.78, 5) is 0. The lowest BCUT2D eigenvalue weighted by molar-refractivity contribution is 0.165. The molecule has 0 heterocycles. The molecule has 0 spiro atoms. The molecule has 0 saturated carbocycles. The van der Waals surface area contributed by atoms with E-state index in [2.05, 4.69) is 0 Å². The Balaban J connectivity index is 4.23. The largest absolute Gasteiger partial charge is 0.392 e. The zero-order valence-corrected chi connectivity index (χ0v) is 6.80. The summed E-state index contributed by atoms with van der Waals surface area (Å²) < 4.78 is 29.1. The Morgan fingerprint density at radius 3 is 2.00 bits per heavy atom. The van der Waals surface area contributed by atoms with E-state index in [1.807, 2.05) is 0 Å². The van der Waals surface area contributed by atoms with Crippen LogP contribution in [-0.4, -0.2) is 29.4 Å². The lowest BCUT2D eigenvalue weighted by Crippen LogP contribution is -2.30. The van der Waals surface area contributed by atoms with E-state index in [-0.39, 0.29) is 0 Å². The second kappa shape index (κ2) is 3.32. The predicted octanol–water partition coefficient (Wildman–Crippen LogP) is 0.0336. The molecule has 0 aliphatic rings. The lowest BCUT2D eigenvalue weighted by atomic mass is 10.2. The van der Waals surface area contributed by atoms with Gasteiger partial charge in [0.05, 0.1) is 6.10 Å². The van der Waals surface area contributed by atoms with Gasteiger partial charge in [-0.25, -0.2) is 0 Å². The van der Waals surface area contributed by atoms with Crippen molar-refractivity contribution in [3.8, 4) is 0 Å². The fourth-order valence-corrected chi connectivity index (χ4v) is 1.12. The van der Waals surface area contributed by atoms with Crippen molar-refractivity contribution < 1.29 is 18.1 Å². The van der Waals surface area contributed by atoms with E-state index in [9.17, 15) is 8.42 Å². The minimum Gasteiger partial charge on any atom is -0.392 e. The molecule has 0 aliphatic heterocycles. The molecule has 2 unspecified atom stereocenters.